The summed E-state index contributed by atoms with van der Waals surface area (Å²) in [6.07, 6.45) is 0. The standard InChI is InChI=1S/C11H10BrNO5S/c1-6-5-19(17,18)9-4-7(12)2-3-8(9)13(6)10(14)11(15)16/h2-4,6H,5H2,1H3,(H,15,16). The third-order valence-corrected chi connectivity index (χ3v) is 5.23. The van der Waals surface area contributed by atoms with Gasteiger partial charge >= 0.3 is 11.9 Å². The Morgan fingerprint density at radius 1 is 1.42 bits per heavy atom. The van der Waals surface area contributed by atoms with E-state index in [4.69, 9.17) is 5.11 Å². The molecule has 1 aromatic rings. The predicted octanol–water partition coefficient (Wildman–Crippen LogP) is 1.04. The zero-order valence-electron chi connectivity index (χ0n) is 9.83. The molecule has 19 heavy (non-hydrogen) atoms. The molecule has 0 saturated heterocycles. The van der Waals surface area contributed by atoms with Gasteiger partial charge in [-0.2, -0.15) is 0 Å². The highest BCUT2D eigenvalue weighted by molar-refractivity contribution is 9.10. The summed E-state index contributed by atoms with van der Waals surface area (Å²) >= 11 is 3.16. The highest BCUT2D eigenvalue weighted by Gasteiger charge is 2.38. The van der Waals surface area contributed by atoms with Crippen molar-refractivity contribution in [3.63, 3.8) is 0 Å². The lowest BCUT2D eigenvalue weighted by Gasteiger charge is -2.33. The Morgan fingerprint density at radius 3 is 2.63 bits per heavy atom. The maximum atomic E-state index is 12.1. The van der Waals surface area contributed by atoms with Gasteiger partial charge in [-0.1, -0.05) is 15.9 Å². The predicted molar refractivity (Wildman–Crippen MR) is 70.8 cm³/mol. The van der Waals surface area contributed by atoms with Crippen LogP contribution in [0.25, 0.3) is 0 Å². The quantitative estimate of drug-likeness (QED) is 0.708. The van der Waals surface area contributed by atoms with Crippen molar-refractivity contribution in [2.45, 2.75) is 17.9 Å². The Labute approximate surface area is 118 Å². The molecule has 1 aliphatic rings. The first-order valence-corrected chi connectivity index (χ1v) is 7.77. The van der Waals surface area contributed by atoms with Crippen molar-refractivity contribution >= 4 is 43.3 Å². The van der Waals surface area contributed by atoms with Crippen LogP contribution in [-0.4, -0.2) is 37.2 Å². The molecular formula is C11H10BrNO5S. The second-order valence-electron chi connectivity index (χ2n) is 4.22. The van der Waals surface area contributed by atoms with Gasteiger partial charge < -0.3 is 5.11 Å². The molecule has 1 N–H and O–H groups in total. The molecule has 6 nitrogen and oxygen atoms in total. The highest BCUT2D eigenvalue weighted by atomic mass is 79.9. The second kappa shape index (κ2) is 4.61. The summed E-state index contributed by atoms with van der Waals surface area (Å²) in [5, 5.41) is 8.81. The molecule has 2 rings (SSSR count). The van der Waals surface area contributed by atoms with Crippen LogP contribution < -0.4 is 4.90 Å². The number of hydrogen-bond acceptors (Lipinski definition) is 4. The molecule has 0 aliphatic carbocycles. The summed E-state index contributed by atoms with van der Waals surface area (Å²) in [7, 11) is -3.52. The van der Waals surface area contributed by atoms with Crippen LogP contribution in [0.4, 0.5) is 5.69 Å². The minimum Gasteiger partial charge on any atom is -0.474 e. The van der Waals surface area contributed by atoms with E-state index in [0.717, 1.165) is 4.90 Å². The average Bonchev–Trinajstić information content (AvgIpc) is 2.29. The molecule has 0 bridgehead atoms. The van der Waals surface area contributed by atoms with Crippen LogP contribution in [0.3, 0.4) is 0 Å². The van der Waals surface area contributed by atoms with Crippen LogP contribution in [0, 0.1) is 0 Å². The number of nitrogens with zero attached hydrogens (tertiary/aromatic N) is 1. The Balaban J connectivity index is 2.68. The third-order valence-electron chi connectivity index (χ3n) is 2.82. The Morgan fingerprint density at radius 2 is 2.05 bits per heavy atom. The first kappa shape index (κ1) is 14.0. The first-order valence-electron chi connectivity index (χ1n) is 5.33. The van der Waals surface area contributed by atoms with Crippen LogP contribution in [-0.2, 0) is 19.4 Å². The van der Waals surface area contributed by atoms with Gasteiger partial charge in [0.2, 0.25) is 0 Å². The molecule has 1 aromatic carbocycles. The fourth-order valence-corrected chi connectivity index (χ4v) is 4.34. The van der Waals surface area contributed by atoms with E-state index in [-0.39, 0.29) is 16.3 Å². The summed E-state index contributed by atoms with van der Waals surface area (Å²) in [4.78, 5) is 23.5. The number of carboxylic acids is 1. The number of hydrogen-bond donors (Lipinski definition) is 1. The smallest absolute Gasteiger partial charge is 0.394 e. The van der Waals surface area contributed by atoms with E-state index >= 15 is 0 Å². The van der Waals surface area contributed by atoms with Crippen molar-refractivity contribution < 1.29 is 23.1 Å². The number of aliphatic carboxylic acids is 1. The van der Waals surface area contributed by atoms with E-state index in [9.17, 15) is 18.0 Å². The summed E-state index contributed by atoms with van der Waals surface area (Å²) in [5.41, 5.74) is 0.106. The molecule has 1 amide bonds. The van der Waals surface area contributed by atoms with Gasteiger partial charge in [0.1, 0.15) is 0 Å². The van der Waals surface area contributed by atoms with E-state index in [2.05, 4.69) is 15.9 Å². The van der Waals surface area contributed by atoms with E-state index in [0.29, 0.717) is 4.47 Å². The van der Waals surface area contributed by atoms with Gasteiger partial charge in [0, 0.05) is 10.5 Å². The van der Waals surface area contributed by atoms with Gasteiger partial charge in [-0.25, -0.2) is 13.2 Å². The molecule has 102 valence electrons. The number of carbonyl (C=O) groups excluding carboxylic acids is 1. The molecule has 1 aliphatic heterocycles. The fourth-order valence-electron chi connectivity index (χ4n) is 2.07. The van der Waals surface area contributed by atoms with Crippen molar-refractivity contribution in [1.29, 1.82) is 0 Å². The number of amides is 1. The van der Waals surface area contributed by atoms with Crippen LogP contribution in [0.2, 0.25) is 0 Å². The lowest BCUT2D eigenvalue weighted by atomic mass is 10.2. The number of sulfone groups is 1. The van der Waals surface area contributed by atoms with Crippen molar-refractivity contribution in [1.82, 2.24) is 0 Å². The van der Waals surface area contributed by atoms with Crippen LogP contribution in [0.1, 0.15) is 6.92 Å². The molecule has 1 heterocycles. The van der Waals surface area contributed by atoms with Crippen LogP contribution in [0.15, 0.2) is 27.6 Å². The lowest BCUT2D eigenvalue weighted by Crippen LogP contribution is -2.49. The van der Waals surface area contributed by atoms with Crippen molar-refractivity contribution in [3.8, 4) is 0 Å². The fraction of sp³-hybridized carbons (Fsp3) is 0.273. The summed E-state index contributed by atoms with van der Waals surface area (Å²) < 4.78 is 24.7. The number of anilines is 1. The van der Waals surface area contributed by atoms with E-state index in [1.165, 1.54) is 19.1 Å². The second-order valence-corrected chi connectivity index (χ2v) is 7.14. The normalized spacial score (nSPS) is 20.7. The van der Waals surface area contributed by atoms with E-state index < -0.39 is 27.8 Å². The molecule has 8 heteroatoms. The number of carbonyl (C=O) groups is 2. The Hall–Kier alpha value is -1.41. The molecule has 0 radical (unpaired) electrons. The van der Waals surface area contributed by atoms with Crippen LogP contribution >= 0.6 is 15.9 Å². The van der Waals surface area contributed by atoms with Crippen LogP contribution in [0.5, 0.6) is 0 Å². The van der Waals surface area contributed by atoms with E-state index in [1.807, 2.05) is 0 Å². The van der Waals surface area contributed by atoms with Crippen molar-refractivity contribution in [2.75, 3.05) is 10.7 Å². The minimum atomic E-state index is -3.52. The summed E-state index contributed by atoms with van der Waals surface area (Å²) in [6, 6.07) is 3.64. The monoisotopic (exact) mass is 347 g/mol. The van der Waals surface area contributed by atoms with Gasteiger partial charge in [0.05, 0.1) is 16.3 Å². The number of carboxylic acid groups (broad SMARTS) is 1. The average molecular weight is 348 g/mol. The van der Waals surface area contributed by atoms with Gasteiger partial charge in [0.15, 0.2) is 9.84 Å². The third kappa shape index (κ3) is 2.37. The molecule has 0 fully saturated rings. The highest BCUT2D eigenvalue weighted by Crippen LogP contribution is 2.35. The first-order chi connectivity index (χ1) is 8.74. The maximum absolute atomic E-state index is 12.1. The molecule has 0 aromatic heterocycles. The zero-order chi connectivity index (χ0) is 14.4. The maximum Gasteiger partial charge on any atom is 0.394 e. The van der Waals surface area contributed by atoms with E-state index in [1.54, 1.807) is 6.07 Å². The molecule has 0 spiro atoms. The summed E-state index contributed by atoms with van der Waals surface area (Å²) in [5.74, 6) is -3.04. The Kier molecular flexibility index (Phi) is 3.40. The molecule has 1 unspecified atom stereocenters. The molecule has 1 atom stereocenters. The molecule has 0 saturated carbocycles. The zero-order valence-corrected chi connectivity index (χ0v) is 12.2. The van der Waals surface area contributed by atoms with Gasteiger partial charge in [-0.15, -0.1) is 0 Å². The lowest BCUT2D eigenvalue weighted by molar-refractivity contribution is -0.149. The largest absolute Gasteiger partial charge is 0.474 e. The van der Waals surface area contributed by atoms with Gasteiger partial charge in [-0.05, 0) is 25.1 Å². The van der Waals surface area contributed by atoms with Crippen molar-refractivity contribution in [3.05, 3.63) is 22.7 Å². The topological polar surface area (TPSA) is 91.8 Å². The van der Waals surface area contributed by atoms with Gasteiger partial charge in [-0.3, -0.25) is 9.69 Å². The number of halogens is 1. The SMILES string of the molecule is CC1CS(=O)(=O)c2cc(Br)ccc2N1C(=O)C(=O)O. The molecular weight excluding hydrogens is 338 g/mol. The summed E-state index contributed by atoms with van der Waals surface area (Å²) in [6.45, 7) is 1.50. The number of benzene rings is 1. The minimum absolute atomic E-state index is 0.0328. The Bertz CT molecular complexity index is 670. The number of fused-ring (bicyclic) bond motifs is 1. The van der Waals surface area contributed by atoms with Crippen molar-refractivity contribution in [2.24, 2.45) is 0 Å². The van der Waals surface area contributed by atoms with Gasteiger partial charge in [0.25, 0.3) is 0 Å². The number of rotatable bonds is 0.